The van der Waals surface area contributed by atoms with Crippen molar-refractivity contribution in [3.63, 3.8) is 0 Å². The Kier molecular flexibility index (Phi) is 5.99. The Balaban J connectivity index is 1.67. The molecule has 186 valence electrons. The van der Waals surface area contributed by atoms with Crippen molar-refractivity contribution in [1.82, 2.24) is 25.0 Å². The Morgan fingerprint density at radius 3 is 2.75 bits per heavy atom. The van der Waals surface area contributed by atoms with E-state index < -0.39 is 17.1 Å². The van der Waals surface area contributed by atoms with Gasteiger partial charge >= 0.3 is 6.18 Å². The van der Waals surface area contributed by atoms with Gasteiger partial charge in [0.2, 0.25) is 16.0 Å². The first-order valence-electron chi connectivity index (χ1n) is 11.2. The first kappa shape index (κ1) is 23.9. The topological polar surface area (TPSA) is 94.8 Å². The molecule has 0 atom stereocenters. The number of nitrogens with zero attached hydrogens (tertiary/aromatic N) is 5. The van der Waals surface area contributed by atoms with Gasteiger partial charge in [0.1, 0.15) is 6.61 Å². The lowest BCUT2D eigenvalue weighted by Crippen LogP contribution is -2.16. The van der Waals surface area contributed by atoms with Crippen LogP contribution < -0.4 is 10.1 Å². The normalized spacial score (nSPS) is 14.8. The number of carbonyl (C=O) groups is 1. The molecule has 0 bridgehead atoms. The maximum Gasteiger partial charge on any atom is 0.445 e. The summed E-state index contributed by atoms with van der Waals surface area (Å²) in [5.41, 5.74) is 4.12. The van der Waals surface area contributed by atoms with E-state index in [0.717, 1.165) is 22.0 Å². The number of alkyl halides is 3. The van der Waals surface area contributed by atoms with Crippen LogP contribution in [0.25, 0.3) is 16.5 Å². The molecule has 0 fully saturated rings. The van der Waals surface area contributed by atoms with Crippen LogP contribution in [0.3, 0.4) is 0 Å². The van der Waals surface area contributed by atoms with Gasteiger partial charge in [-0.15, -0.1) is 10.2 Å². The maximum atomic E-state index is 13.4. The van der Waals surface area contributed by atoms with E-state index in [9.17, 15) is 18.0 Å². The van der Waals surface area contributed by atoms with Crippen molar-refractivity contribution < 1.29 is 22.7 Å². The van der Waals surface area contributed by atoms with Gasteiger partial charge < -0.3 is 4.74 Å². The highest BCUT2D eigenvalue weighted by molar-refractivity contribution is 7.15. The van der Waals surface area contributed by atoms with Crippen molar-refractivity contribution >= 4 is 38.9 Å². The molecule has 4 heterocycles. The second-order valence-corrected chi connectivity index (χ2v) is 9.44. The second kappa shape index (κ2) is 9.01. The molecule has 36 heavy (non-hydrogen) atoms. The number of amides is 1. The van der Waals surface area contributed by atoms with Crippen LogP contribution in [0.15, 0.2) is 42.2 Å². The molecular formula is C24H21F3N6O2S. The molecule has 3 aromatic heterocycles. The standard InChI is InChI=1S/C24H21F3N6O2S/c1-4-15(20(34)30-23-32-31-22(36-23)24(25,26)27)19-16-6-5-7-28-21(16)35-11-14-9-18-13(8-17(14)19)10-29-33(18)12(2)3/h5-10,12H,4,11H2,1-3H3,(H,30,32,34). The van der Waals surface area contributed by atoms with E-state index in [-0.39, 0.29) is 29.1 Å². The van der Waals surface area contributed by atoms with Crippen LogP contribution in [0.2, 0.25) is 0 Å². The van der Waals surface area contributed by atoms with Gasteiger partial charge in [-0.1, -0.05) is 18.3 Å². The summed E-state index contributed by atoms with van der Waals surface area (Å²) in [5.74, 6) is -0.203. The van der Waals surface area contributed by atoms with Crippen molar-refractivity contribution in [2.45, 2.75) is 46.0 Å². The van der Waals surface area contributed by atoms with Crippen molar-refractivity contribution in [1.29, 1.82) is 0 Å². The van der Waals surface area contributed by atoms with Crippen molar-refractivity contribution in [2.24, 2.45) is 0 Å². The van der Waals surface area contributed by atoms with Gasteiger partial charge in [0.15, 0.2) is 0 Å². The number of nitrogens with one attached hydrogen (secondary N) is 1. The number of fused-ring (bicyclic) bond motifs is 3. The number of ether oxygens (including phenoxy) is 1. The minimum Gasteiger partial charge on any atom is -0.472 e. The van der Waals surface area contributed by atoms with E-state index in [0.29, 0.717) is 29.0 Å². The van der Waals surface area contributed by atoms with Crippen LogP contribution >= 0.6 is 11.3 Å². The van der Waals surface area contributed by atoms with Crippen molar-refractivity contribution in [3.8, 4) is 5.88 Å². The smallest absolute Gasteiger partial charge is 0.445 e. The molecule has 0 saturated heterocycles. The van der Waals surface area contributed by atoms with E-state index in [2.05, 4.69) is 25.6 Å². The van der Waals surface area contributed by atoms with Gasteiger partial charge in [0.05, 0.1) is 11.7 Å². The summed E-state index contributed by atoms with van der Waals surface area (Å²) >= 11 is 0.275. The molecule has 5 rings (SSSR count). The third-order valence-electron chi connectivity index (χ3n) is 5.80. The SMILES string of the molecule is CCC(C(=O)Nc1nnc(C(F)(F)F)s1)=C1c2cc3cnn(C(C)C)c3cc2COc2ncccc21. The van der Waals surface area contributed by atoms with E-state index in [1.54, 1.807) is 25.4 Å². The lowest BCUT2D eigenvalue weighted by molar-refractivity contribution is -0.138. The Morgan fingerprint density at radius 2 is 2.06 bits per heavy atom. The molecule has 0 spiro atoms. The highest BCUT2D eigenvalue weighted by Crippen LogP contribution is 2.40. The van der Waals surface area contributed by atoms with Gasteiger partial charge in [-0.2, -0.15) is 18.3 Å². The van der Waals surface area contributed by atoms with E-state index >= 15 is 0 Å². The minimum atomic E-state index is -4.64. The fourth-order valence-corrected chi connectivity index (χ4v) is 4.83. The molecule has 1 aliphatic rings. The predicted octanol–water partition coefficient (Wildman–Crippen LogP) is 5.63. The molecule has 8 nitrogen and oxygen atoms in total. The van der Waals surface area contributed by atoms with Crippen molar-refractivity contribution in [3.05, 3.63) is 63.9 Å². The third kappa shape index (κ3) is 4.21. The predicted molar refractivity (Wildman–Crippen MR) is 129 cm³/mol. The molecular weight excluding hydrogens is 493 g/mol. The fourth-order valence-electron chi connectivity index (χ4n) is 4.22. The molecule has 0 saturated carbocycles. The number of aromatic nitrogens is 5. The molecule has 0 aliphatic carbocycles. The number of hydrogen-bond acceptors (Lipinski definition) is 7. The number of halogens is 3. The quantitative estimate of drug-likeness (QED) is 0.355. The zero-order chi connectivity index (χ0) is 25.6. The van der Waals surface area contributed by atoms with Gasteiger partial charge in [0, 0.05) is 34.3 Å². The van der Waals surface area contributed by atoms with Gasteiger partial charge in [-0.3, -0.25) is 14.8 Å². The Morgan fingerprint density at radius 1 is 1.25 bits per heavy atom. The van der Waals surface area contributed by atoms with Crippen LogP contribution in [0, 0.1) is 0 Å². The molecule has 1 aromatic carbocycles. The first-order valence-corrected chi connectivity index (χ1v) is 12.0. The molecule has 1 aliphatic heterocycles. The monoisotopic (exact) mass is 514 g/mol. The minimum absolute atomic E-state index is 0.145. The molecule has 1 N–H and O–H groups in total. The lowest BCUT2D eigenvalue weighted by Gasteiger charge is -2.16. The maximum absolute atomic E-state index is 13.4. The van der Waals surface area contributed by atoms with Crippen molar-refractivity contribution in [2.75, 3.05) is 5.32 Å². The summed E-state index contributed by atoms with van der Waals surface area (Å²) in [7, 11) is 0. The number of anilines is 1. The summed E-state index contributed by atoms with van der Waals surface area (Å²) in [5, 5.41) is 13.2. The molecule has 0 unspecified atom stereocenters. The number of rotatable bonds is 4. The largest absolute Gasteiger partial charge is 0.472 e. The zero-order valence-electron chi connectivity index (χ0n) is 19.6. The van der Waals surface area contributed by atoms with Crippen LogP contribution in [0.4, 0.5) is 18.3 Å². The van der Waals surface area contributed by atoms with E-state index in [4.69, 9.17) is 4.74 Å². The summed E-state index contributed by atoms with van der Waals surface area (Å²) in [6.45, 7) is 6.11. The Labute approximate surface area is 207 Å². The van der Waals surface area contributed by atoms with Crippen LogP contribution in [0.1, 0.15) is 54.9 Å². The van der Waals surface area contributed by atoms with E-state index in [1.165, 1.54) is 0 Å². The Hall–Kier alpha value is -3.80. The van der Waals surface area contributed by atoms with Gasteiger partial charge in [-0.05, 0) is 55.7 Å². The molecule has 0 radical (unpaired) electrons. The average molecular weight is 515 g/mol. The average Bonchev–Trinajstić information content (AvgIpc) is 3.44. The van der Waals surface area contributed by atoms with Crippen LogP contribution in [-0.2, 0) is 17.6 Å². The number of carbonyl (C=O) groups excluding carboxylic acids is 1. The first-order chi connectivity index (χ1) is 17.2. The third-order valence-corrected chi connectivity index (χ3v) is 6.68. The number of hydrogen-bond donors (Lipinski definition) is 1. The zero-order valence-corrected chi connectivity index (χ0v) is 20.4. The van der Waals surface area contributed by atoms with E-state index in [1.807, 2.05) is 36.7 Å². The van der Waals surface area contributed by atoms with Crippen LogP contribution in [-0.4, -0.2) is 30.9 Å². The summed E-state index contributed by atoms with van der Waals surface area (Å²) in [6, 6.07) is 7.66. The van der Waals surface area contributed by atoms with Gasteiger partial charge in [0.25, 0.3) is 5.91 Å². The summed E-state index contributed by atoms with van der Waals surface area (Å²) in [4.78, 5) is 17.8. The van der Waals surface area contributed by atoms with Gasteiger partial charge in [-0.25, -0.2) is 4.98 Å². The second-order valence-electron chi connectivity index (χ2n) is 8.47. The highest BCUT2D eigenvalue weighted by Gasteiger charge is 2.36. The Bertz CT molecular complexity index is 1510. The van der Waals surface area contributed by atoms with Crippen LogP contribution in [0.5, 0.6) is 5.88 Å². The number of benzene rings is 1. The lowest BCUT2D eigenvalue weighted by atomic mass is 9.89. The summed E-state index contributed by atoms with van der Waals surface area (Å²) < 4.78 is 46.8. The summed E-state index contributed by atoms with van der Waals surface area (Å²) in [6.07, 6.45) is -0.969. The number of pyridine rings is 1. The fraction of sp³-hybridized carbons (Fsp3) is 0.292. The molecule has 1 amide bonds. The molecule has 12 heteroatoms. The highest BCUT2D eigenvalue weighted by atomic mass is 32.1. The molecule has 4 aromatic rings.